The van der Waals surface area contributed by atoms with Gasteiger partial charge in [0.15, 0.2) is 0 Å². The van der Waals surface area contributed by atoms with Crippen LogP contribution < -0.4 is 16.0 Å². The lowest BCUT2D eigenvalue weighted by molar-refractivity contribution is -0.127. The molecule has 1 heterocycles. The third-order valence-electron chi connectivity index (χ3n) is 8.89. The molecule has 1 aliphatic carbocycles. The van der Waals surface area contributed by atoms with Gasteiger partial charge in [0, 0.05) is 22.9 Å². The fourth-order valence-electron chi connectivity index (χ4n) is 6.39. The average molecular weight is 610 g/mol. The number of aryl methyl sites for hydroxylation is 1. The Bertz CT molecular complexity index is 1290. The molecule has 0 bridgehead atoms. The molecule has 8 nitrogen and oxygen atoms in total. The second-order valence-electron chi connectivity index (χ2n) is 12.6. The van der Waals surface area contributed by atoms with E-state index in [9.17, 15) is 19.2 Å². The minimum absolute atomic E-state index is 0.105. The van der Waals surface area contributed by atoms with E-state index in [4.69, 9.17) is 16.3 Å². The van der Waals surface area contributed by atoms with Gasteiger partial charge in [-0.25, -0.2) is 4.79 Å². The molecule has 2 aliphatic rings. The standard InChI is InChI=1S/C34H44ClN3O5/c1-22-9-7-12-24(17-22)30(34(2,3)26-13-8-14-27(35)20-26)43-33(42)38-29(18-23-10-5-4-6-11-23)32(41)37-28(21-39)19-25-15-16-36-31(25)40/h7-9,12-14,17,20-21,23,25,28-30H,4-6,10-11,15-16,18-19H2,1-3H3,(H,36,40)(H,37,41)(H,38,42)/t25-,28-,29-,30?/m0/s1. The Balaban J connectivity index is 1.54. The summed E-state index contributed by atoms with van der Waals surface area (Å²) in [5.74, 6) is -0.602. The maximum absolute atomic E-state index is 13.6. The van der Waals surface area contributed by atoms with E-state index in [1.165, 1.54) is 0 Å². The maximum atomic E-state index is 13.6. The smallest absolute Gasteiger partial charge is 0.408 e. The van der Waals surface area contributed by atoms with Gasteiger partial charge in [0.05, 0.1) is 6.04 Å². The number of rotatable bonds is 12. The molecule has 232 valence electrons. The van der Waals surface area contributed by atoms with Crippen LogP contribution in [0.5, 0.6) is 0 Å². The second kappa shape index (κ2) is 14.9. The van der Waals surface area contributed by atoms with E-state index in [1.807, 2.05) is 63.2 Å². The normalized spacial score (nSPS) is 19.5. The van der Waals surface area contributed by atoms with Gasteiger partial charge in [-0.05, 0) is 55.4 Å². The van der Waals surface area contributed by atoms with Crippen LogP contribution in [0.1, 0.15) is 88.0 Å². The first-order valence-electron chi connectivity index (χ1n) is 15.4. The van der Waals surface area contributed by atoms with Gasteiger partial charge in [0.1, 0.15) is 18.4 Å². The van der Waals surface area contributed by atoms with Gasteiger partial charge >= 0.3 is 6.09 Å². The van der Waals surface area contributed by atoms with Crippen LogP contribution in [0.2, 0.25) is 5.02 Å². The Morgan fingerprint density at radius 1 is 1.05 bits per heavy atom. The van der Waals surface area contributed by atoms with Crippen molar-refractivity contribution in [3.63, 3.8) is 0 Å². The third kappa shape index (κ3) is 8.82. The van der Waals surface area contributed by atoms with Crippen molar-refractivity contribution in [3.8, 4) is 0 Å². The van der Waals surface area contributed by atoms with E-state index >= 15 is 0 Å². The highest BCUT2D eigenvalue weighted by Crippen LogP contribution is 2.41. The molecule has 1 unspecified atom stereocenters. The Morgan fingerprint density at radius 3 is 2.44 bits per heavy atom. The molecule has 2 aromatic rings. The molecule has 1 aliphatic heterocycles. The Morgan fingerprint density at radius 2 is 1.79 bits per heavy atom. The molecule has 3 N–H and O–H groups in total. The molecular formula is C34H44ClN3O5. The molecule has 0 radical (unpaired) electrons. The molecule has 43 heavy (non-hydrogen) atoms. The van der Waals surface area contributed by atoms with E-state index in [1.54, 1.807) is 6.07 Å². The van der Waals surface area contributed by atoms with E-state index in [2.05, 4.69) is 16.0 Å². The van der Waals surface area contributed by atoms with Crippen molar-refractivity contribution in [3.05, 3.63) is 70.2 Å². The first-order valence-corrected chi connectivity index (χ1v) is 15.8. The number of hydrogen-bond acceptors (Lipinski definition) is 5. The van der Waals surface area contributed by atoms with Crippen LogP contribution in [0.3, 0.4) is 0 Å². The predicted octanol–water partition coefficient (Wildman–Crippen LogP) is 5.94. The molecule has 9 heteroatoms. The van der Waals surface area contributed by atoms with E-state index < -0.39 is 35.6 Å². The summed E-state index contributed by atoms with van der Waals surface area (Å²) in [7, 11) is 0. The number of alkyl carbamates (subject to hydrolysis) is 1. The fraction of sp³-hybridized carbons (Fsp3) is 0.529. The van der Waals surface area contributed by atoms with Crippen LogP contribution in [0.15, 0.2) is 48.5 Å². The average Bonchev–Trinajstić information content (AvgIpc) is 3.39. The van der Waals surface area contributed by atoms with E-state index in [0.717, 1.165) is 48.8 Å². The minimum atomic E-state index is -0.886. The van der Waals surface area contributed by atoms with Gasteiger partial charge in [-0.15, -0.1) is 0 Å². The zero-order valence-electron chi connectivity index (χ0n) is 25.4. The van der Waals surface area contributed by atoms with Crippen LogP contribution in [0, 0.1) is 18.8 Å². The topological polar surface area (TPSA) is 114 Å². The molecule has 0 aromatic heterocycles. The number of aldehydes is 1. The molecule has 4 atom stereocenters. The lowest BCUT2D eigenvalue weighted by Gasteiger charge is -2.35. The van der Waals surface area contributed by atoms with Gasteiger partial charge < -0.3 is 25.5 Å². The van der Waals surface area contributed by atoms with Crippen LogP contribution in [-0.4, -0.2) is 42.8 Å². The summed E-state index contributed by atoms with van der Waals surface area (Å²) in [5.41, 5.74) is 2.09. The molecule has 2 aromatic carbocycles. The van der Waals surface area contributed by atoms with Crippen molar-refractivity contribution in [1.29, 1.82) is 0 Å². The number of halogens is 1. The first-order chi connectivity index (χ1) is 20.6. The zero-order valence-corrected chi connectivity index (χ0v) is 26.1. The lowest BCUT2D eigenvalue weighted by atomic mass is 9.76. The Kier molecular flexibility index (Phi) is 11.2. The molecule has 1 saturated carbocycles. The van der Waals surface area contributed by atoms with Crippen LogP contribution in [0.4, 0.5) is 4.79 Å². The molecule has 0 spiro atoms. The highest BCUT2D eigenvalue weighted by atomic mass is 35.5. The number of carbonyl (C=O) groups is 4. The van der Waals surface area contributed by atoms with Crippen molar-refractivity contribution >= 4 is 35.8 Å². The number of benzene rings is 2. The molecular weight excluding hydrogens is 566 g/mol. The number of carbonyl (C=O) groups excluding carboxylic acids is 4. The SMILES string of the molecule is Cc1cccc(C(OC(=O)N[C@@H](CC2CCCCC2)C(=O)N[C@H](C=O)C[C@@H]2CCNC2=O)C(C)(C)c2cccc(Cl)c2)c1. The summed E-state index contributed by atoms with van der Waals surface area (Å²) in [6, 6.07) is 13.6. The summed E-state index contributed by atoms with van der Waals surface area (Å²) < 4.78 is 6.18. The molecule has 1 saturated heterocycles. The predicted molar refractivity (Wildman–Crippen MR) is 167 cm³/mol. The van der Waals surface area contributed by atoms with Crippen LogP contribution in [0.25, 0.3) is 0 Å². The molecule has 4 rings (SSSR count). The highest BCUT2D eigenvalue weighted by Gasteiger charge is 2.38. The monoisotopic (exact) mass is 609 g/mol. The van der Waals surface area contributed by atoms with Gasteiger partial charge in [0.25, 0.3) is 0 Å². The summed E-state index contributed by atoms with van der Waals surface area (Å²) in [5, 5.41) is 9.00. The van der Waals surface area contributed by atoms with Crippen molar-refractivity contribution in [1.82, 2.24) is 16.0 Å². The third-order valence-corrected chi connectivity index (χ3v) is 9.12. The van der Waals surface area contributed by atoms with Crippen molar-refractivity contribution in [2.24, 2.45) is 11.8 Å². The first kappa shape index (κ1) is 32.5. The largest absolute Gasteiger partial charge is 0.440 e. The van der Waals surface area contributed by atoms with E-state index in [-0.39, 0.29) is 24.2 Å². The van der Waals surface area contributed by atoms with E-state index in [0.29, 0.717) is 30.7 Å². The van der Waals surface area contributed by atoms with Gasteiger partial charge in [-0.3, -0.25) is 9.59 Å². The van der Waals surface area contributed by atoms with Gasteiger partial charge in [-0.1, -0.05) is 99.5 Å². The summed E-state index contributed by atoms with van der Waals surface area (Å²) in [6.07, 6.45) is 5.86. The van der Waals surface area contributed by atoms with Crippen molar-refractivity contribution in [2.75, 3.05) is 6.54 Å². The minimum Gasteiger partial charge on any atom is -0.440 e. The summed E-state index contributed by atoms with van der Waals surface area (Å²) >= 11 is 6.33. The van der Waals surface area contributed by atoms with Gasteiger partial charge in [0.2, 0.25) is 11.8 Å². The lowest BCUT2D eigenvalue weighted by Crippen LogP contribution is -2.52. The van der Waals surface area contributed by atoms with Crippen LogP contribution in [-0.2, 0) is 24.5 Å². The number of hydrogen-bond donors (Lipinski definition) is 3. The zero-order chi connectivity index (χ0) is 31.0. The fourth-order valence-corrected chi connectivity index (χ4v) is 6.58. The molecule has 2 fully saturated rings. The van der Waals surface area contributed by atoms with Crippen LogP contribution >= 0.6 is 11.6 Å². The number of amides is 3. The quantitative estimate of drug-likeness (QED) is 0.258. The maximum Gasteiger partial charge on any atom is 0.408 e. The summed E-state index contributed by atoms with van der Waals surface area (Å²) in [4.78, 5) is 51.2. The van der Waals surface area contributed by atoms with Crippen molar-refractivity contribution in [2.45, 2.75) is 95.7 Å². The summed E-state index contributed by atoms with van der Waals surface area (Å²) in [6.45, 7) is 6.54. The Labute approximate surface area is 259 Å². The molecule has 3 amide bonds. The Hall–Kier alpha value is -3.39. The number of ether oxygens (including phenoxy) is 1. The van der Waals surface area contributed by atoms with Crippen molar-refractivity contribution < 1.29 is 23.9 Å². The number of nitrogens with one attached hydrogen (secondary N) is 3. The second-order valence-corrected chi connectivity index (χ2v) is 13.1. The van der Waals surface area contributed by atoms with Gasteiger partial charge in [-0.2, -0.15) is 0 Å². The highest BCUT2D eigenvalue weighted by molar-refractivity contribution is 6.30.